The first-order valence-electron chi connectivity index (χ1n) is 9.96. The molecule has 0 atom stereocenters. The second-order valence-corrected chi connectivity index (χ2v) is 7.04. The van der Waals surface area contributed by atoms with Crippen LogP contribution in [0.3, 0.4) is 0 Å². The number of benzene rings is 1. The van der Waals surface area contributed by atoms with Crippen LogP contribution in [-0.2, 0) is 9.59 Å². The zero-order valence-corrected chi connectivity index (χ0v) is 16.4. The molecule has 2 rings (SSSR count). The monoisotopic (exact) mass is 373 g/mol. The van der Waals surface area contributed by atoms with Crippen LogP contribution in [0.1, 0.15) is 62.7 Å². The molecule has 3 amide bonds. The van der Waals surface area contributed by atoms with E-state index in [4.69, 9.17) is 0 Å². The van der Waals surface area contributed by atoms with Crippen molar-refractivity contribution in [1.29, 1.82) is 0 Å². The van der Waals surface area contributed by atoms with Gasteiger partial charge in [0.2, 0.25) is 11.8 Å². The number of nitrogens with one attached hydrogen (secondary N) is 2. The molecule has 1 aliphatic rings. The van der Waals surface area contributed by atoms with Gasteiger partial charge in [-0.1, -0.05) is 37.5 Å². The minimum Gasteiger partial charge on any atom is -0.352 e. The van der Waals surface area contributed by atoms with Crippen molar-refractivity contribution >= 4 is 17.7 Å². The summed E-state index contributed by atoms with van der Waals surface area (Å²) in [5.41, 5.74) is -0.219. The number of amides is 3. The average Bonchev–Trinajstić information content (AvgIpc) is 2.70. The zero-order chi connectivity index (χ0) is 19.7. The second-order valence-electron chi connectivity index (χ2n) is 7.04. The summed E-state index contributed by atoms with van der Waals surface area (Å²) in [6, 6.07) is 8.91. The number of hydrogen-bond donors (Lipinski definition) is 2. The van der Waals surface area contributed by atoms with Crippen LogP contribution in [0.2, 0.25) is 0 Å². The molecule has 6 nitrogen and oxygen atoms in total. The molecule has 148 valence electrons. The van der Waals surface area contributed by atoms with Crippen molar-refractivity contribution in [2.75, 3.05) is 19.6 Å². The van der Waals surface area contributed by atoms with E-state index in [9.17, 15) is 14.4 Å². The van der Waals surface area contributed by atoms with Crippen LogP contribution in [-0.4, -0.2) is 47.8 Å². The second kappa shape index (κ2) is 10.1. The molecule has 1 aromatic carbocycles. The Labute approximate surface area is 161 Å². The van der Waals surface area contributed by atoms with E-state index in [0.29, 0.717) is 31.5 Å². The fraction of sp³-hybridized carbons (Fsp3) is 0.571. The zero-order valence-electron chi connectivity index (χ0n) is 16.4. The molecule has 6 heteroatoms. The smallest absolute Gasteiger partial charge is 0.251 e. The Balaban J connectivity index is 1.92. The number of rotatable bonds is 8. The van der Waals surface area contributed by atoms with Gasteiger partial charge >= 0.3 is 0 Å². The molecule has 1 saturated carbocycles. The maximum absolute atomic E-state index is 13.0. The van der Waals surface area contributed by atoms with E-state index in [2.05, 4.69) is 10.6 Å². The van der Waals surface area contributed by atoms with Gasteiger partial charge in [0.05, 0.1) is 0 Å². The Morgan fingerprint density at radius 3 is 2.22 bits per heavy atom. The van der Waals surface area contributed by atoms with Crippen molar-refractivity contribution in [3.63, 3.8) is 0 Å². The molecule has 27 heavy (non-hydrogen) atoms. The summed E-state index contributed by atoms with van der Waals surface area (Å²) < 4.78 is 0. The van der Waals surface area contributed by atoms with Gasteiger partial charge in [0, 0.05) is 31.6 Å². The standard InChI is InChI=1S/C21H31N3O3/c1-3-24(4-2)20(27)21(14-9-6-10-15-21)23-18(25)13-16-22-19(26)17-11-7-5-8-12-17/h5,7-8,11-12H,3-4,6,9-10,13-16H2,1-2H3,(H,22,26)(H,23,25). The van der Waals surface area contributed by atoms with E-state index in [-0.39, 0.29) is 30.7 Å². The molecule has 0 saturated heterocycles. The highest BCUT2D eigenvalue weighted by Crippen LogP contribution is 2.30. The molecule has 0 radical (unpaired) electrons. The van der Waals surface area contributed by atoms with Gasteiger partial charge in [0.15, 0.2) is 0 Å². The molecular weight excluding hydrogens is 342 g/mol. The lowest BCUT2D eigenvalue weighted by molar-refractivity contribution is -0.143. The van der Waals surface area contributed by atoms with Crippen molar-refractivity contribution in [3.05, 3.63) is 35.9 Å². The van der Waals surface area contributed by atoms with Crippen molar-refractivity contribution in [1.82, 2.24) is 15.5 Å². The molecule has 1 fully saturated rings. The maximum atomic E-state index is 13.0. The fourth-order valence-corrected chi connectivity index (χ4v) is 3.67. The number of carbonyl (C=O) groups excluding carboxylic acids is 3. The lowest BCUT2D eigenvalue weighted by Gasteiger charge is -2.40. The highest BCUT2D eigenvalue weighted by atomic mass is 16.2. The number of likely N-dealkylation sites (N-methyl/N-ethyl adjacent to an activating group) is 1. The van der Waals surface area contributed by atoms with Crippen LogP contribution in [0.15, 0.2) is 30.3 Å². The minimum atomic E-state index is -0.787. The van der Waals surface area contributed by atoms with E-state index in [0.717, 1.165) is 19.3 Å². The first kappa shape index (κ1) is 20.9. The first-order valence-corrected chi connectivity index (χ1v) is 9.96. The summed E-state index contributed by atoms with van der Waals surface area (Å²) in [6.45, 7) is 5.44. The summed E-state index contributed by atoms with van der Waals surface area (Å²) >= 11 is 0. The van der Waals surface area contributed by atoms with Gasteiger partial charge in [0.25, 0.3) is 5.91 Å². The van der Waals surface area contributed by atoms with Gasteiger partial charge in [-0.2, -0.15) is 0 Å². The summed E-state index contributed by atoms with van der Waals surface area (Å²) in [7, 11) is 0. The lowest BCUT2D eigenvalue weighted by atomic mass is 9.80. The van der Waals surface area contributed by atoms with Gasteiger partial charge in [0.1, 0.15) is 5.54 Å². The van der Waals surface area contributed by atoms with E-state index in [1.165, 1.54) is 0 Å². The first-order chi connectivity index (χ1) is 13.0. The maximum Gasteiger partial charge on any atom is 0.251 e. The molecular formula is C21H31N3O3. The third kappa shape index (κ3) is 5.55. The van der Waals surface area contributed by atoms with Crippen molar-refractivity contribution < 1.29 is 14.4 Å². The molecule has 2 N–H and O–H groups in total. The lowest BCUT2D eigenvalue weighted by Crippen LogP contribution is -2.60. The topological polar surface area (TPSA) is 78.5 Å². The van der Waals surface area contributed by atoms with Gasteiger partial charge in [-0.15, -0.1) is 0 Å². The summed E-state index contributed by atoms with van der Waals surface area (Å²) in [6.07, 6.45) is 4.51. The summed E-state index contributed by atoms with van der Waals surface area (Å²) in [4.78, 5) is 39.4. The Hall–Kier alpha value is -2.37. The molecule has 0 aromatic heterocycles. The predicted molar refractivity (Wildman–Crippen MR) is 105 cm³/mol. The highest BCUT2D eigenvalue weighted by molar-refractivity contribution is 5.95. The van der Waals surface area contributed by atoms with Crippen molar-refractivity contribution in [2.45, 2.75) is 57.9 Å². The largest absolute Gasteiger partial charge is 0.352 e. The van der Waals surface area contributed by atoms with Gasteiger partial charge in [-0.05, 0) is 38.8 Å². The Morgan fingerprint density at radius 2 is 1.63 bits per heavy atom. The van der Waals surface area contributed by atoms with Crippen LogP contribution < -0.4 is 10.6 Å². The summed E-state index contributed by atoms with van der Waals surface area (Å²) in [5, 5.41) is 5.77. The van der Waals surface area contributed by atoms with Gasteiger partial charge in [-0.3, -0.25) is 14.4 Å². The third-order valence-corrected chi connectivity index (χ3v) is 5.22. The minimum absolute atomic E-state index is 0.0221. The molecule has 0 heterocycles. The van der Waals surface area contributed by atoms with Gasteiger partial charge in [-0.25, -0.2) is 0 Å². The van der Waals surface area contributed by atoms with E-state index < -0.39 is 5.54 Å². The van der Waals surface area contributed by atoms with Crippen LogP contribution in [0, 0.1) is 0 Å². The molecule has 1 aromatic rings. The van der Waals surface area contributed by atoms with Crippen LogP contribution in [0.25, 0.3) is 0 Å². The molecule has 1 aliphatic carbocycles. The Morgan fingerprint density at radius 1 is 1.00 bits per heavy atom. The molecule has 0 aliphatic heterocycles. The molecule has 0 spiro atoms. The van der Waals surface area contributed by atoms with Crippen LogP contribution >= 0.6 is 0 Å². The quantitative estimate of drug-likeness (QED) is 0.735. The average molecular weight is 373 g/mol. The van der Waals surface area contributed by atoms with Crippen LogP contribution in [0.4, 0.5) is 0 Å². The highest BCUT2D eigenvalue weighted by Gasteiger charge is 2.42. The fourth-order valence-electron chi connectivity index (χ4n) is 3.67. The number of hydrogen-bond acceptors (Lipinski definition) is 3. The number of carbonyl (C=O) groups is 3. The van der Waals surface area contributed by atoms with E-state index in [1.54, 1.807) is 29.2 Å². The van der Waals surface area contributed by atoms with E-state index >= 15 is 0 Å². The third-order valence-electron chi connectivity index (χ3n) is 5.22. The normalized spacial score (nSPS) is 15.6. The Bertz CT molecular complexity index is 635. The number of nitrogens with zero attached hydrogens (tertiary/aromatic N) is 1. The van der Waals surface area contributed by atoms with Crippen molar-refractivity contribution in [3.8, 4) is 0 Å². The molecule has 0 unspecified atom stereocenters. The molecule has 0 bridgehead atoms. The summed E-state index contributed by atoms with van der Waals surface area (Å²) in [5.74, 6) is -0.366. The van der Waals surface area contributed by atoms with E-state index in [1.807, 2.05) is 19.9 Å². The SMILES string of the molecule is CCN(CC)C(=O)C1(NC(=O)CCNC(=O)c2ccccc2)CCCCC1. The Kier molecular flexibility index (Phi) is 7.82. The van der Waals surface area contributed by atoms with Crippen LogP contribution in [0.5, 0.6) is 0 Å². The predicted octanol–water partition coefficient (Wildman–Crippen LogP) is 2.49. The van der Waals surface area contributed by atoms with Gasteiger partial charge < -0.3 is 15.5 Å². The van der Waals surface area contributed by atoms with Crippen molar-refractivity contribution in [2.24, 2.45) is 0 Å².